The molecule has 0 amide bonds. The molecule has 1 aliphatic rings. The maximum Gasteiger partial charge on any atom is 0.00822 e. The third-order valence-electron chi connectivity index (χ3n) is 2.93. The zero-order valence-electron chi connectivity index (χ0n) is 9.34. The quantitative estimate of drug-likeness (QED) is 0.701. The van der Waals surface area contributed by atoms with Crippen LogP contribution in [0.1, 0.15) is 39.5 Å². The van der Waals surface area contributed by atoms with Crippen molar-refractivity contribution in [3.8, 4) is 0 Å². The Morgan fingerprint density at radius 3 is 2.62 bits per heavy atom. The molecule has 0 bridgehead atoms. The number of nitrogens with zero attached hydrogens (tertiary/aromatic N) is 1. The van der Waals surface area contributed by atoms with Gasteiger partial charge in [0.2, 0.25) is 0 Å². The lowest BCUT2D eigenvalue weighted by Crippen LogP contribution is -2.31. The Bertz CT molecular complexity index is 136. The van der Waals surface area contributed by atoms with Crippen molar-refractivity contribution in [2.24, 2.45) is 0 Å². The molecule has 2 nitrogen and oxygen atoms in total. The topological polar surface area (TPSA) is 15.3 Å². The first-order chi connectivity index (χ1) is 6.22. The fraction of sp³-hybridized carbons (Fsp3) is 1.00. The van der Waals surface area contributed by atoms with Crippen LogP contribution in [0.3, 0.4) is 0 Å². The number of rotatable bonds is 5. The lowest BCUT2D eigenvalue weighted by atomic mass is 10.1. The van der Waals surface area contributed by atoms with E-state index in [9.17, 15) is 0 Å². The first kappa shape index (κ1) is 11.0. The summed E-state index contributed by atoms with van der Waals surface area (Å²) in [6, 6.07) is 1.54. The SMILES string of the molecule is CCCN(C)CCC1CCC(C)N1. The van der Waals surface area contributed by atoms with E-state index in [0.29, 0.717) is 0 Å². The predicted octanol–water partition coefficient (Wildman–Crippen LogP) is 1.86. The minimum atomic E-state index is 0.751. The maximum absolute atomic E-state index is 3.62. The average molecular weight is 184 g/mol. The van der Waals surface area contributed by atoms with Gasteiger partial charge in [-0.1, -0.05) is 6.92 Å². The maximum atomic E-state index is 3.62. The minimum absolute atomic E-state index is 0.751. The van der Waals surface area contributed by atoms with Crippen molar-refractivity contribution in [3.63, 3.8) is 0 Å². The van der Waals surface area contributed by atoms with Crippen molar-refractivity contribution in [2.45, 2.75) is 51.6 Å². The van der Waals surface area contributed by atoms with Crippen molar-refractivity contribution in [2.75, 3.05) is 20.1 Å². The average Bonchev–Trinajstić information content (AvgIpc) is 2.49. The summed E-state index contributed by atoms with van der Waals surface area (Å²) in [4.78, 5) is 2.44. The normalized spacial score (nSPS) is 28.6. The molecule has 0 saturated carbocycles. The summed E-state index contributed by atoms with van der Waals surface area (Å²) >= 11 is 0. The van der Waals surface area contributed by atoms with E-state index >= 15 is 0 Å². The first-order valence-corrected chi connectivity index (χ1v) is 5.67. The zero-order valence-corrected chi connectivity index (χ0v) is 9.34. The van der Waals surface area contributed by atoms with Crippen LogP contribution in [0.5, 0.6) is 0 Å². The van der Waals surface area contributed by atoms with Crippen LogP contribution < -0.4 is 5.32 Å². The zero-order chi connectivity index (χ0) is 9.68. The van der Waals surface area contributed by atoms with Crippen LogP contribution in [0.25, 0.3) is 0 Å². The highest BCUT2D eigenvalue weighted by atomic mass is 15.1. The van der Waals surface area contributed by atoms with Crippen LogP contribution in [0, 0.1) is 0 Å². The molecule has 2 atom stereocenters. The van der Waals surface area contributed by atoms with Crippen LogP contribution in [-0.2, 0) is 0 Å². The monoisotopic (exact) mass is 184 g/mol. The number of hydrogen-bond acceptors (Lipinski definition) is 2. The number of nitrogens with one attached hydrogen (secondary N) is 1. The first-order valence-electron chi connectivity index (χ1n) is 5.67. The molecule has 78 valence electrons. The van der Waals surface area contributed by atoms with Gasteiger partial charge in [-0.2, -0.15) is 0 Å². The highest BCUT2D eigenvalue weighted by Crippen LogP contribution is 2.14. The molecule has 0 aromatic carbocycles. The van der Waals surface area contributed by atoms with Gasteiger partial charge >= 0.3 is 0 Å². The molecule has 0 aromatic rings. The molecule has 1 saturated heterocycles. The molecule has 1 aliphatic heterocycles. The van der Waals surface area contributed by atoms with Crippen LogP contribution >= 0.6 is 0 Å². The van der Waals surface area contributed by atoms with Gasteiger partial charge in [0.1, 0.15) is 0 Å². The molecule has 13 heavy (non-hydrogen) atoms. The van der Waals surface area contributed by atoms with Crippen molar-refractivity contribution in [3.05, 3.63) is 0 Å². The summed E-state index contributed by atoms with van der Waals surface area (Å²) in [6.07, 6.45) is 5.33. The molecule has 0 aliphatic carbocycles. The second-order valence-electron chi connectivity index (χ2n) is 4.43. The summed E-state index contributed by atoms with van der Waals surface area (Å²) in [7, 11) is 2.22. The third kappa shape index (κ3) is 4.10. The van der Waals surface area contributed by atoms with Crippen molar-refractivity contribution >= 4 is 0 Å². The Morgan fingerprint density at radius 1 is 1.31 bits per heavy atom. The van der Waals surface area contributed by atoms with Crippen molar-refractivity contribution < 1.29 is 0 Å². The molecule has 1 rings (SSSR count). The van der Waals surface area contributed by atoms with Gasteiger partial charge in [0.15, 0.2) is 0 Å². The van der Waals surface area contributed by atoms with E-state index in [-0.39, 0.29) is 0 Å². The molecule has 2 heteroatoms. The van der Waals surface area contributed by atoms with Crippen LogP contribution in [0.4, 0.5) is 0 Å². The fourth-order valence-electron chi connectivity index (χ4n) is 2.12. The fourth-order valence-corrected chi connectivity index (χ4v) is 2.12. The summed E-state index contributed by atoms with van der Waals surface area (Å²) in [6.45, 7) is 7.02. The Kier molecular flexibility index (Phi) is 4.74. The Labute approximate surface area is 82.7 Å². The summed E-state index contributed by atoms with van der Waals surface area (Å²) in [5, 5.41) is 3.62. The smallest absolute Gasteiger partial charge is 0.00822 e. The van der Waals surface area contributed by atoms with Gasteiger partial charge < -0.3 is 10.2 Å². The van der Waals surface area contributed by atoms with E-state index in [2.05, 4.69) is 31.1 Å². The molecule has 2 unspecified atom stereocenters. The van der Waals surface area contributed by atoms with Gasteiger partial charge in [-0.3, -0.25) is 0 Å². The standard InChI is InChI=1S/C11H24N2/c1-4-8-13(3)9-7-11-6-5-10(2)12-11/h10-12H,4-9H2,1-3H3. The van der Waals surface area contributed by atoms with E-state index < -0.39 is 0 Å². The van der Waals surface area contributed by atoms with Crippen LogP contribution in [-0.4, -0.2) is 37.1 Å². The molecule has 0 aromatic heterocycles. The van der Waals surface area contributed by atoms with Crippen LogP contribution in [0.2, 0.25) is 0 Å². The van der Waals surface area contributed by atoms with E-state index in [0.717, 1.165) is 12.1 Å². The van der Waals surface area contributed by atoms with Gasteiger partial charge in [0.05, 0.1) is 0 Å². The Morgan fingerprint density at radius 2 is 2.08 bits per heavy atom. The van der Waals surface area contributed by atoms with Crippen LogP contribution in [0.15, 0.2) is 0 Å². The molecular formula is C11H24N2. The van der Waals surface area contributed by atoms with Gasteiger partial charge in [0, 0.05) is 12.1 Å². The molecule has 1 N–H and O–H groups in total. The largest absolute Gasteiger partial charge is 0.311 e. The molecular weight excluding hydrogens is 160 g/mol. The van der Waals surface area contributed by atoms with Gasteiger partial charge in [0.25, 0.3) is 0 Å². The van der Waals surface area contributed by atoms with Gasteiger partial charge in [-0.15, -0.1) is 0 Å². The molecule has 0 spiro atoms. The van der Waals surface area contributed by atoms with E-state index in [1.165, 1.54) is 38.8 Å². The summed E-state index contributed by atoms with van der Waals surface area (Å²) in [5.74, 6) is 0. The van der Waals surface area contributed by atoms with Gasteiger partial charge in [-0.05, 0) is 52.7 Å². The third-order valence-corrected chi connectivity index (χ3v) is 2.93. The van der Waals surface area contributed by atoms with Gasteiger partial charge in [-0.25, -0.2) is 0 Å². The van der Waals surface area contributed by atoms with Crippen molar-refractivity contribution in [1.82, 2.24) is 10.2 Å². The van der Waals surface area contributed by atoms with E-state index in [1.54, 1.807) is 0 Å². The molecule has 0 radical (unpaired) electrons. The van der Waals surface area contributed by atoms with E-state index in [1.807, 2.05) is 0 Å². The molecule has 1 heterocycles. The second-order valence-corrected chi connectivity index (χ2v) is 4.43. The number of hydrogen-bond donors (Lipinski definition) is 1. The van der Waals surface area contributed by atoms with Crippen molar-refractivity contribution in [1.29, 1.82) is 0 Å². The minimum Gasteiger partial charge on any atom is -0.311 e. The van der Waals surface area contributed by atoms with E-state index in [4.69, 9.17) is 0 Å². The Hall–Kier alpha value is -0.0800. The summed E-state index contributed by atoms with van der Waals surface area (Å²) in [5.41, 5.74) is 0. The Balaban J connectivity index is 2.05. The predicted molar refractivity (Wildman–Crippen MR) is 58.0 cm³/mol. The second kappa shape index (κ2) is 5.61. The lowest BCUT2D eigenvalue weighted by molar-refractivity contribution is 0.311. The highest BCUT2D eigenvalue weighted by Gasteiger charge is 2.19. The summed E-state index contributed by atoms with van der Waals surface area (Å²) < 4.78 is 0. The molecule has 1 fully saturated rings. The highest BCUT2D eigenvalue weighted by molar-refractivity contribution is 4.80. The lowest BCUT2D eigenvalue weighted by Gasteiger charge is -2.18.